The lowest BCUT2D eigenvalue weighted by Crippen LogP contribution is -2.54. The number of nitrogens with zero attached hydrogens (tertiary/aromatic N) is 2. The maximum absolute atomic E-state index is 13.3. The highest BCUT2D eigenvalue weighted by atomic mass is 16.2. The Hall–Kier alpha value is -4.45. The van der Waals surface area contributed by atoms with Crippen molar-refractivity contribution in [2.24, 2.45) is 0 Å². The molecule has 1 fully saturated rings. The molecule has 1 aliphatic rings. The quantitative estimate of drug-likeness (QED) is 0.374. The molecule has 6 nitrogen and oxygen atoms in total. The minimum absolute atomic E-state index is 0.0829. The summed E-state index contributed by atoms with van der Waals surface area (Å²) in [5.74, 6) is -1.34. The van der Waals surface area contributed by atoms with Gasteiger partial charge in [0.05, 0.1) is 5.69 Å². The first-order valence-electron chi connectivity index (χ1n) is 10.6. The number of hydrogen-bond acceptors (Lipinski definition) is 3. The second kappa shape index (κ2) is 8.24. The average Bonchev–Trinajstić information content (AvgIpc) is 3.16. The third-order valence-electron chi connectivity index (χ3n) is 5.77. The highest BCUT2D eigenvalue weighted by molar-refractivity contribution is 6.39. The predicted octanol–water partition coefficient (Wildman–Crippen LogP) is 4.66. The summed E-state index contributed by atoms with van der Waals surface area (Å²) < 4.78 is 2.09. The number of rotatable bonds is 4. The lowest BCUT2D eigenvalue weighted by Gasteiger charge is -2.27. The Morgan fingerprint density at radius 1 is 0.848 bits per heavy atom. The molecule has 0 aliphatic carbocycles. The van der Waals surface area contributed by atoms with Crippen molar-refractivity contribution in [3.05, 3.63) is 107 Å². The predicted molar refractivity (Wildman–Crippen MR) is 128 cm³/mol. The zero-order valence-corrected chi connectivity index (χ0v) is 18.0. The van der Waals surface area contributed by atoms with Crippen molar-refractivity contribution in [3.63, 3.8) is 0 Å². The number of barbiturate groups is 1. The second-order valence-electron chi connectivity index (χ2n) is 7.96. The van der Waals surface area contributed by atoms with Crippen LogP contribution >= 0.6 is 0 Å². The van der Waals surface area contributed by atoms with E-state index < -0.39 is 17.8 Å². The molecule has 162 valence electrons. The molecule has 1 aromatic heterocycles. The molecule has 33 heavy (non-hydrogen) atoms. The molecule has 1 saturated heterocycles. The van der Waals surface area contributed by atoms with Crippen molar-refractivity contribution in [2.45, 2.75) is 13.5 Å². The van der Waals surface area contributed by atoms with E-state index in [2.05, 4.69) is 22.0 Å². The van der Waals surface area contributed by atoms with Gasteiger partial charge in [-0.3, -0.25) is 14.9 Å². The summed E-state index contributed by atoms with van der Waals surface area (Å²) >= 11 is 0. The van der Waals surface area contributed by atoms with Crippen molar-refractivity contribution in [3.8, 4) is 0 Å². The second-order valence-corrected chi connectivity index (χ2v) is 7.96. The van der Waals surface area contributed by atoms with Crippen LogP contribution in [0.15, 0.2) is 90.6 Å². The first-order valence-corrected chi connectivity index (χ1v) is 10.6. The molecule has 0 saturated carbocycles. The van der Waals surface area contributed by atoms with Gasteiger partial charge in [0.2, 0.25) is 0 Å². The molecular formula is C27H21N3O3. The topological polar surface area (TPSA) is 71.4 Å². The van der Waals surface area contributed by atoms with Gasteiger partial charge in [0.1, 0.15) is 5.57 Å². The van der Waals surface area contributed by atoms with E-state index in [4.69, 9.17) is 0 Å². The van der Waals surface area contributed by atoms with E-state index in [1.54, 1.807) is 18.2 Å². The molecule has 0 bridgehead atoms. The first kappa shape index (κ1) is 20.5. The van der Waals surface area contributed by atoms with Crippen molar-refractivity contribution >= 4 is 40.5 Å². The molecule has 0 spiro atoms. The number of carbonyl (C=O) groups excluding carboxylic acids is 3. The summed E-state index contributed by atoms with van der Waals surface area (Å²) in [5, 5.41) is 3.22. The van der Waals surface area contributed by atoms with Gasteiger partial charge in [-0.25, -0.2) is 9.69 Å². The Morgan fingerprint density at radius 2 is 1.55 bits per heavy atom. The smallest absolute Gasteiger partial charge is 0.335 e. The highest BCUT2D eigenvalue weighted by Gasteiger charge is 2.37. The summed E-state index contributed by atoms with van der Waals surface area (Å²) in [6.45, 7) is 2.46. The molecule has 2 heterocycles. The molecule has 3 aromatic carbocycles. The fraction of sp³-hybridized carbons (Fsp3) is 0.0741. The van der Waals surface area contributed by atoms with Gasteiger partial charge in [0.15, 0.2) is 0 Å². The lowest BCUT2D eigenvalue weighted by molar-refractivity contribution is -0.122. The molecule has 4 amide bonds. The van der Waals surface area contributed by atoms with Crippen LogP contribution in [-0.2, 0) is 16.1 Å². The van der Waals surface area contributed by atoms with Crippen LogP contribution in [0.25, 0.3) is 17.0 Å². The van der Waals surface area contributed by atoms with Gasteiger partial charge in [-0.05, 0) is 36.3 Å². The average molecular weight is 435 g/mol. The molecule has 0 atom stereocenters. The summed E-state index contributed by atoms with van der Waals surface area (Å²) in [6, 6.07) is 24.2. The van der Waals surface area contributed by atoms with Gasteiger partial charge >= 0.3 is 6.03 Å². The molecule has 4 aromatic rings. The van der Waals surface area contributed by atoms with Crippen LogP contribution in [0.5, 0.6) is 0 Å². The van der Waals surface area contributed by atoms with E-state index in [-0.39, 0.29) is 5.57 Å². The van der Waals surface area contributed by atoms with Crippen molar-refractivity contribution in [2.75, 3.05) is 4.90 Å². The number of carbonyl (C=O) groups is 3. The number of aromatic nitrogens is 1. The van der Waals surface area contributed by atoms with Crippen molar-refractivity contribution in [1.29, 1.82) is 0 Å². The van der Waals surface area contributed by atoms with Crippen molar-refractivity contribution in [1.82, 2.24) is 9.88 Å². The van der Waals surface area contributed by atoms with Gasteiger partial charge in [-0.2, -0.15) is 0 Å². The normalized spacial score (nSPS) is 15.4. The Bertz CT molecular complexity index is 1430. The Balaban J connectivity index is 1.59. The maximum Gasteiger partial charge on any atom is 0.335 e. The van der Waals surface area contributed by atoms with E-state index in [0.29, 0.717) is 12.2 Å². The number of aryl methyl sites for hydroxylation is 1. The number of para-hydroxylation sites is 2. The molecule has 6 heteroatoms. The zero-order chi connectivity index (χ0) is 22.9. The van der Waals surface area contributed by atoms with E-state index in [9.17, 15) is 14.4 Å². The number of benzene rings is 3. The number of fused-ring (bicyclic) bond motifs is 1. The van der Waals surface area contributed by atoms with Crippen LogP contribution in [0, 0.1) is 6.92 Å². The fourth-order valence-electron chi connectivity index (χ4n) is 4.15. The Morgan fingerprint density at radius 3 is 2.33 bits per heavy atom. The van der Waals surface area contributed by atoms with Gasteiger partial charge in [-0.1, -0.05) is 66.7 Å². The molecular weight excluding hydrogens is 414 g/mol. The fourth-order valence-corrected chi connectivity index (χ4v) is 4.15. The van der Waals surface area contributed by atoms with E-state index in [1.165, 1.54) is 0 Å². The molecule has 1 N–H and O–H groups in total. The largest absolute Gasteiger partial charge is 0.342 e. The summed E-state index contributed by atoms with van der Waals surface area (Å²) in [4.78, 5) is 39.5. The SMILES string of the molecule is Cc1ccccc1N1C(=O)NC(=O)/C(=C\c2cn(Cc3ccccc3)c3ccccc23)C1=O. The zero-order valence-electron chi connectivity index (χ0n) is 18.0. The Labute approximate surface area is 190 Å². The minimum Gasteiger partial charge on any atom is -0.342 e. The first-order chi connectivity index (χ1) is 16.0. The van der Waals surface area contributed by atoms with E-state index in [1.807, 2.05) is 67.7 Å². The third kappa shape index (κ3) is 3.72. The van der Waals surface area contributed by atoms with Gasteiger partial charge < -0.3 is 4.57 Å². The maximum atomic E-state index is 13.3. The molecule has 5 rings (SSSR count). The van der Waals surface area contributed by atoms with Gasteiger partial charge in [0, 0.05) is 29.2 Å². The Kier molecular flexibility index (Phi) is 5.11. The summed E-state index contributed by atoms with van der Waals surface area (Å²) in [6.07, 6.45) is 3.50. The monoisotopic (exact) mass is 435 g/mol. The highest BCUT2D eigenvalue weighted by Crippen LogP contribution is 2.28. The number of urea groups is 1. The molecule has 1 aliphatic heterocycles. The van der Waals surface area contributed by atoms with Crippen LogP contribution in [0.3, 0.4) is 0 Å². The summed E-state index contributed by atoms with van der Waals surface area (Å²) in [5.41, 5.74) is 3.99. The van der Waals surface area contributed by atoms with E-state index >= 15 is 0 Å². The molecule has 0 unspecified atom stereocenters. The molecule has 0 radical (unpaired) electrons. The van der Waals surface area contributed by atoms with Gasteiger partial charge in [-0.15, -0.1) is 0 Å². The lowest BCUT2D eigenvalue weighted by atomic mass is 10.1. The number of amides is 4. The van der Waals surface area contributed by atoms with Crippen molar-refractivity contribution < 1.29 is 14.4 Å². The van der Waals surface area contributed by atoms with E-state index in [0.717, 1.165) is 32.5 Å². The van der Waals surface area contributed by atoms with Crippen LogP contribution in [-0.4, -0.2) is 22.4 Å². The number of nitrogens with one attached hydrogen (secondary N) is 1. The number of anilines is 1. The summed E-state index contributed by atoms with van der Waals surface area (Å²) in [7, 11) is 0. The van der Waals surface area contributed by atoms with Crippen LogP contribution in [0.4, 0.5) is 10.5 Å². The van der Waals surface area contributed by atoms with Crippen LogP contribution in [0.2, 0.25) is 0 Å². The van der Waals surface area contributed by atoms with Crippen LogP contribution < -0.4 is 10.2 Å². The standard InChI is InChI=1S/C27H21N3O3/c1-18-9-5-7-13-23(18)30-26(32)22(25(31)28-27(30)33)15-20-17-29(16-19-10-3-2-4-11-19)24-14-8-6-12-21(20)24/h2-15,17H,16H2,1H3,(H,28,31,33)/b22-15+. The van der Waals surface area contributed by atoms with Gasteiger partial charge in [0.25, 0.3) is 11.8 Å². The minimum atomic E-state index is -0.747. The number of hydrogen-bond donors (Lipinski definition) is 1. The third-order valence-corrected chi connectivity index (χ3v) is 5.77. The number of imide groups is 2. The van der Waals surface area contributed by atoms with Crippen LogP contribution in [0.1, 0.15) is 16.7 Å².